The van der Waals surface area contributed by atoms with E-state index in [0.717, 1.165) is 6.42 Å². The molecular formula is C16H32O4. The molecule has 20 heavy (non-hydrogen) atoms. The van der Waals surface area contributed by atoms with Crippen LogP contribution in [0.1, 0.15) is 61.3 Å². The minimum absolute atomic E-state index is 0.0524. The molecule has 0 fully saturated rings. The molecule has 0 atom stereocenters. The van der Waals surface area contributed by atoms with Crippen molar-refractivity contribution in [3.63, 3.8) is 0 Å². The quantitative estimate of drug-likeness (QED) is 0.503. The van der Waals surface area contributed by atoms with Gasteiger partial charge in [-0.1, -0.05) is 48.5 Å². The first-order chi connectivity index (χ1) is 9.03. The van der Waals surface area contributed by atoms with E-state index in [1.807, 2.05) is 6.92 Å². The van der Waals surface area contributed by atoms with E-state index < -0.39 is 6.29 Å². The van der Waals surface area contributed by atoms with Crippen LogP contribution in [0.2, 0.25) is 0 Å². The normalized spacial score (nSPS) is 12.8. The highest BCUT2D eigenvalue weighted by atomic mass is 16.7. The van der Waals surface area contributed by atoms with Crippen LogP contribution in [-0.2, 0) is 19.0 Å². The molecule has 0 saturated carbocycles. The molecule has 0 bridgehead atoms. The maximum Gasteiger partial charge on any atom is 0.305 e. The third-order valence-corrected chi connectivity index (χ3v) is 2.24. The summed E-state index contributed by atoms with van der Waals surface area (Å²) < 4.78 is 16.6. The molecule has 4 heteroatoms. The summed E-state index contributed by atoms with van der Waals surface area (Å²) in [4.78, 5) is 11.4. The number of carbonyl (C=O) groups is 1. The van der Waals surface area contributed by atoms with Crippen molar-refractivity contribution in [2.24, 2.45) is 10.8 Å². The maximum absolute atomic E-state index is 11.4. The third kappa shape index (κ3) is 12.4. The Hall–Kier alpha value is -0.610. The van der Waals surface area contributed by atoms with Crippen molar-refractivity contribution in [2.45, 2.75) is 67.6 Å². The van der Waals surface area contributed by atoms with Crippen molar-refractivity contribution >= 4 is 5.97 Å². The molecule has 0 aromatic carbocycles. The molecule has 0 saturated heterocycles. The van der Waals surface area contributed by atoms with E-state index in [4.69, 9.17) is 14.2 Å². The van der Waals surface area contributed by atoms with Gasteiger partial charge < -0.3 is 14.2 Å². The Bertz CT molecular complexity index is 255. The second kappa shape index (κ2) is 8.63. The molecule has 0 spiro atoms. The summed E-state index contributed by atoms with van der Waals surface area (Å²) in [5.74, 6) is -0.198. The zero-order chi connectivity index (χ0) is 15.8. The van der Waals surface area contributed by atoms with Gasteiger partial charge in [-0.15, -0.1) is 0 Å². The lowest BCUT2D eigenvalue weighted by Crippen LogP contribution is -2.31. The smallest absolute Gasteiger partial charge is 0.305 e. The van der Waals surface area contributed by atoms with E-state index in [2.05, 4.69) is 41.5 Å². The zero-order valence-electron chi connectivity index (χ0n) is 14.2. The van der Waals surface area contributed by atoms with E-state index in [-0.39, 0.29) is 23.4 Å². The lowest BCUT2D eigenvalue weighted by molar-refractivity contribution is -0.198. The number of carbonyl (C=O) groups excluding carboxylic acids is 1. The Balaban J connectivity index is 4.27. The Labute approximate surface area is 124 Å². The largest absolute Gasteiger partial charge is 0.460 e. The summed E-state index contributed by atoms with van der Waals surface area (Å²) in [6.45, 7) is 15.8. The topological polar surface area (TPSA) is 44.8 Å². The van der Waals surface area contributed by atoms with Crippen molar-refractivity contribution in [1.82, 2.24) is 0 Å². The summed E-state index contributed by atoms with van der Waals surface area (Å²) in [5.41, 5.74) is 0.105. The summed E-state index contributed by atoms with van der Waals surface area (Å²) >= 11 is 0. The molecular weight excluding hydrogens is 256 g/mol. The van der Waals surface area contributed by atoms with Gasteiger partial charge in [0.05, 0.1) is 13.2 Å². The average molecular weight is 288 g/mol. The van der Waals surface area contributed by atoms with Gasteiger partial charge >= 0.3 is 5.97 Å². The summed E-state index contributed by atoms with van der Waals surface area (Å²) in [7, 11) is 0. The van der Waals surface area contributed by atoms with Crippen molar-refractivity contribution in [3.8, 4) is 0 Å². The average Bonchev–Trinajstić information content (AvgIpc) is 2.25. The number of hydrogen-bond acceptors (Lipinski definition) is 4. The van der Waals surface area contributed by atoms with Gasteiger partial charge in [0.1, 0.15) is 6.61 Å². The van der Waals surface area contributed by atoms with Crippen LogP contribution in [0.15, 0.2) is 0 Å². The van der Waals surface area contributed by atoms with Crippen LogP contribution in [0.3, 0.4) is 0 Å². The second-order valence-corrected chi connectivity index (χ2v) is 7.61. The Morgan fingerprint density at radius 3 is 1.75 bits per heavy atom. The molecule has 0 aliphatic heterocycles. The van der Waals surface area contributed by atoms with Crippen LogP contribution in [-0.4, -0.2) is 32.1 Å². The van der Waals surface area contributed by atoms with Gasteiger partial charge in [-0.3, -0.25) is 4.79 Å². The predicted molar refractivity (Wildman–Crippen MR) is 80.5 cm³/mol. The highest BCUT2D eigenvalue weighted by Crippen LogP contribution is 2.18. The SMILES string of the molecule is CCCC(=O)OCC(OCC(C)(C)C)OCC(C)(C)C. The molecule has 0 heterocycles. The van der Waals surface area contributed by atoms with Crippen molar-refractivity contribution < 1.29 is 19.0 Å². The van der Waals surface area contributed by atoms with Crippen LogP contribution in [0.5, 0.6) is 0 Å². The Morgan fingerprint density at radius 2 is 1.40 bits per heavy atom. The molecule has 0 radical (unpaired) electrons. The van der Waals surface area contributed by atoms with Crippen LogP contribution < -0.4 is 0 Å². The van der Waals surface area contributed by atoms with Crippen LogP contribution in [0.4, 0.5) is 0 Å². The number of esters is 1. The molecule has 0 aliphatic rings. The molecule has 120 valence electrons. The van der Waals surface area contributed by atoms with E-state index >= 15 is 0 Å². The Morgan fingerprint density at radius 1 is 0.950 bits per heavy atom. The molecule has 0 aromatic rings. The third-order valence-electron chi connectivity index (χ3n) is 2.24. The van der Waals surface area contributed by atoms with Crippen LogP contribution >= 0.6 is 0 Å². The van der Waals surface area contributed by atoms with Gasteiger partial charge in [-0.25, -0.2) is 0 Å². The van der Waals surface area contributed by atoms with E-state index in [1.54, 1.807) is 0 Å². The van der Waals surface area contributed by atoms with E-state index in [0.29, 0.717) is 19.6 Å². The van der Waals surface area contributed by atoms with Crippen molar-refractivity contribution in [1.29, 1.82) is 0 Å². The van der Waals surface area contributed by atoms with Gasteiger partial charge in [0, 0.05) is 6.42 Å². The number of rotatable bonds is 8. The van der Waals surface area contributed by atoms with Crippen molar-refractivity contribution in [2.75, 3.05) is 19.8 Å². The molecule has 0 aromatic heterocycles. The van der Waals surface area contributed by atoms with Crippen LogP contribution in [0, 0.1) is 10.8 Å². The van der Waals surface area contributed by atoms with Gasteiger partial charge in [0.2, 0.25) is 0 Å². The fourth-order valence-corrected chi connectivity index (χ4v) is 1.27. The predicted octanol–water partition coefficient (Wildman–Crippen LogP) is 3.78. The molecule has 0 aliphatic carbocycles. The minimum Gasteiger partial charge on any atom is -0.460 e. The number of hydrogen-bond donors (Lipinski definition) is 0. The molecule has 0 amide bonds. The van der Waals surface area contributed by atoms with Gasteiger partial charge in [0.15, 0.2) is 6.29 Å². The standard InChI is InChI=1S/C16H32O4/c1-8-9-13(17)18-10-14(19-11-15(2,3)4)20-12-16(5,6)7/h14H,8-12H2,1-7H3. The van der Waals surface area contributed by atoms with Gasteiger partial charge in [0.25, 0.3) is 0 Å². The number of ether oxygens (including phenoxy) is 3. The first-order valence-corrected chi connectivity index (χ1v) is 7.42. The highest BCUT2D eigenvalue weighted by Gasteiger charge is 2.20. The second-order valence-electron chi connectivity index (χ2n) is 7.61. The molecule has 0 N–H and O–H groups in total. The molecule has 0 unspecified atom stereocenters. The van der Waals surface area contributed by atoms with Crippen molar-refractivity contribution in [3.05, 3.63) is 0 Å². The van der Waals surface area contributed by atoms with Gasteiger partial charge in [-0.2, -0.15) is 0 Å². The summed E-state index contributed by atoms with van der Waals surface area (Å²) in [5, 5.41) is 0. The summed E-state index contributed by atoms with van der Waals surface area (Å²) in [6, 6.07) is 0. The fourth-order valence-electron chi connectivity index (χ4n) is 1.27. The fraction of sp³-hybridized carbons (Fsp3) is 0.938. The first kappa shape index (κ1) is 19.4. The van der Waals surface area contributed by atoms with E-state index in [1.165, 1.54) is 0 Å². The first-order valence-electron chi connectivity index (χ1n) is 7.42. The lowest BCUT2D eigenvalue weighted by atomic mass is 9.98. The maximum atomic E-state index is 11.4. The molecule has 4 nitrogen and oxygen atoms in total. The summed E-state index contributed by atoms with van der Waals surface area (Å²) in [6.07, 6.45) is 0.731. The van der Waals surface area contributed by atoms with Gasteiger partial charge in [-0.05, 0) is 17.3 Å². The molecule has 0 rings (SSSR count). The van der Waals surface area contributed by atoms with Crippen LogP contribution in [0.25, 0.3) is 0 Å². The van der Waals surface area contributed by atoms with E-state index in [9.17, 15) is 4.79 Å². The highest BCUT2D eigenvalue weighted by molar-refractivity contribution is 5.69. The zero-order valence-corrected chi connectivity index (χ0v) is 14.2. The Kier molecular flexibility index (Phi) is 8.36. The minimum atomic E-state index is -0.491. The lowest BCUT2D eigenvalue weighted by Gasteiger charge is -2.27. The monoisotopic (exact) mass is 288 g/mol.